The predicted molar refractivity (Wildman–Crippen MR) is 57.3 cm³/mol. The number of carbonyl (C=O) groups is 1. The fourth-order valence-electron chi connectivity index (χ4n) is 2.07. The lowest BCUT2D eigenvalue weighted by molar-refractivity contribution is -0.123. The minimum absolute atomic E-state index is 0.0725. The second-order valence-electron chi connectivity index (χ2n) is 4.80. The number of ether oxygens (including phenoxy) is 1. The van der Waals surface area contributed by atoms with Crippen molar-refractivity contribution in [3.63, 3.8) is 0 Å². The fraction of sp³-hybridized carbons (Fsp3) is 0.909. The maximum Gasteiger partial charge on any atom is 0.221 e. The highest BCUT2D eigenvalue weighted by molar-refractivity contribution is 5.77. The van der Waals surface area contributed by atoms with Crippen LogP contribution in [0.2, 0.25) is 0 Å². The van der Waals surface area contributed by atoms with Crippen molar-refractivity contribution in [1.82, 2.24) is 5.32 Å². The van der Waals surface area contributed by atoms with Gasteiger partial charge in [-0.3, -0.25) is 4.79 Å². The number of hydrogen-bond acceptors (Lipinski definition) is 3. The molecule has 2 fully saturated rings. The summed E-state index contributed by atoms with van der Waals surface area (Å²) in [4.78, 5) is 11.6. The Kier molecular flexibility index (Phi) is 3.26. The van der Waals surface area contributed by atoms with E-state index in [1.807, 2.05) is 0 Å². The van der Waals surface area contributed by atoms with Crippen molar-refractivity contribution < 1.29 is 9.53 Å². The van der Waals surface area contributed by atoms with Crippen molar-refractivity contribution in [2.75, 3.05) is 7.11 Å². The maximum atomic E-state index is 11.6. The summed E-state index contributed by atoms with van der Waals surface area (Å²) in [7, 11) is 1.71. The number of rotatable bonds is 5. The molecule has 4 heteroatoms. The Morgan fingerprint density at radius 1 is 1.53 bits per heavy atom. The maximum absolute atomic E-state index is 11.6. The van der Waals surface area contributed by atoms with Gasteiger partial charge in [0, 0.05) is 25.6 Å². The van der Waals surface area contributed by atoms with Gasteiger partial charge in [-0.15, -0.1) is 0 Å². The molecule has 86 valence electrons. The van der Waals surface area contributed by atoms with Crippen LogP contribution in [0.3, 0.4) is 0 Å². The molecule has 1 atom stereocenters. The molecule has 0 spiro atoms. The first-order chi connectivity index (χ1) is 7.19. The summed E-state index contributed by atoms with van der Waals surface area (Å²) in [6.45, 7) is 0. The summed E-state index contributed by atoms with van der Waals surface area (Å²) in [6.07, 6.45) is 5.11. The first-order valence-electron chi connectivity index (χ1n) is 5.76. The summed E-state index contributed by atoms with van der Waals surface area (Å²) >= 11 is 0. The van der Waals surface area contributed by atoms with E-state index in [4.69, 9.17) is 10.5 Å². The Morgan fingerprint density at radius 3 is 2.73 bits per heavy atom. The fourth-order valence-corrected chi connectivity index (χ4v) is 2.07. The van der Waals surface area contributed by atoms with E-state index in [-0.39, 0.29) is 11.9 Å². The minimum Gasteiger partial charge on any atom is -0.381 e. The summed E-state index contributed by atoms with van der Waals surface area (Å²) in [5, 5.41) is 3.00. The summed E-state index contributed by atoms with van der Waals surface area (Å²) in [5.41, 5.74) is 5.88. The van der Waals surface area contributed by atoms with Gasteiger partial charge in [0.2, 0.25) is 5.91 Å². The molecule has 0 saturated heterocycles. The van der Waals surface area contributed by atoms with Crippen LogP contribution in [0.25, 0.3) is 0 Å². The zero-order valence-electron chi connectivity index (χ0n) is 9.24. The smallest absolute Gasteiger partial charge is 0.221 e. The van der Waals surface area contributed by atoms with Crippen molar-refractivity contribution in [2.24, 2.45) is 11.7 Å². The van der Waals surface area contributed by atoms with Crippen LogP contribution in [0.5, 0.6) is 0 Å². The molecule has 2 aliphatic rings. The molecule has 3 N–H and O–H groups in total. The molecule has 1 unspecified atom stereocenters. The van der Waals surface area contributed by atoms with Gasteiger partial charge in [0.25, 0.3) is 0 Å². The highest BCUT2D eigenvalue weighted by atomic mass is 16.5. The normalized spacial score (nSPS) is 31.9. The van der Waals surface area contributed by atoms with E-state index in [1.54, 1.807) is 7.11 Å². The van der Waals surface area contributed by atoms with Crippen molar-refractivity contribution in [3.05, 3.63) is 0 Å². The molecular formula is C11H20N2O2. The third-order valence-corrected chi connectivity index (χ3v) is 3.44. The lowest BCUT2D eigenvalue weighted by Gasteiger charge is -2.34. The summed E-state index contributed by atoms with van der Waals surface area (Å²) in [5.74, 6) is 0.706. The van der Waals surface area contributed by atoms with Gasteiger partial charge in [0.1, 0.15) is 0 Å². The highest BCUT2D eigenvalue weighted by Gasteiger charge is 2.33. The molecule has 0 bridgehead atoms. The molecule has 1 amide bonds. The molecule has 0 aromatic carbocycles. The Hall–Kier alpha value is -0.610. The Labute approximate surface area is 90.5 Å². The van der Waals surface area contributed by atoms with Crippen LogP contribution in [0.1, 0.15) is 32.1 Å². The van der Waals surface area contributed by atoms with Crippen LogP contribution >= 0.6 is 0 Å². The predicted octanol–water partition coefficient (Wildman–Crippen LogP) is 0.407. The van der Waals surface area contributed by atoms with E-state index < -0.39 is 0 Å². The topological polar surface area (TPSA) is 64.3 Å². The largest absolute Gasteiger partial charge is 0.381 e. The number of nitrogens with two attached hydrogens (primary N) is 1. The number of methoxy groups -OCH3 is 1. The van der Waals surface area contributed by atoms with E-state index in [0.29, 0.717) is 24.5 Å². The van der Waals surface area contributed by atoms with Crippen molar-refractivity contribution in [1.29, 1.82) is 0 Å². The minimum atomic E-state index is 0.0725. The van der Waals surface area contributed by atoms with Crippen LogP contribution in [-0.4, -0.2) is 31.2 Å². The van der Waals surface area contributed by atoms with Crippen LogP contribution in [-0.2, 0) is 9.53 Å². The van der Waals surface area contributed by atoms with Crippen molar-refractivity contribution >= 4 is 5.91 Å². The first kappa shape index (κ1) is 10.9. The zero-order valence-corrected chi connectivity index (χ0v) is 9.24. The van der Waals surface area contributed by atoms with E-state index in [1.165, 1.54) is 12.8 Å². The van der Waals surface area contributed by atoms with Crippen LogP contribution < -0.4 is 11.1 Å². The Bertz CT molecular complexity index is 235. The third-order valence-electron chi connectivity index (χ3n) is 3.44. The average molecular weight is 212 g/mol. The second-order valence-corrected chi connectivity index (χ2v) is 4.80. The lowest BCUT2D eigenvalue weighted by Crippen LogP contribution is -2.48. The molecule has 2 aliphatic carbocycles. The molecular weight excluding hydrogens is 192 g/mol. The molecule has 2 saturated carbocycles. The molecule has 0 aromatic heterocycles. The van der Waals surface area contributed by atoms with Crippen molar-refractivity contribution in [3.8, 4) is 0 Å². The number of amides is 1. The first-order valence-corrected chi connectivity index (χ1v) is 5.76. The van der Waals surface area contributed by atoms with E-state index in [9.17, 15) is 4.79 Å². The molecule has 0 aromatic rings. The van der Waals surface area contributed by atoms with Crippen LogP contribution in [0, 0.1) is 5.92 Å². The van der Waals surface area contributed by atoms with Crippen LogP contribution in [0.15, 0.2) is 0 Å². The van der Waals surface area contributed by atoms with Gasteiger partial charge in [-0.1, -0.05) is 0 Å². The molecule has 4 nitrogen and oxygen atoms in total. The molecule has 0 heterocycles. The second kappa shape index (κ2) is 4.49. The standard InChI is InChI=1S/C11H20N2O2/c1-15-9-4-8(5-9)13-11(14)6-10(12)7-2-3-7/h7-10H,2-6,12H2,1H3,(H,13,14). The van der Waals surface area contributed by atoms with Crippen LogP contribution in [0.4, 0.5) is 0 Å². The average Bonchev–Trinajstić information content (AvgIpc) is 2.92. The van der Waals surface area contributed by atoms with E-state index >= 15 is 0 Å². The SMILES string of the molecule is COC1CC(NC(=O)CC(N)C2CC2)C1. The number of carbonyl (C=O) groups excluding carboxylic acids is 1. The van der Waals surface area contributed by atoms with Gasteiger partial charge in [-0.05, 0) is 31.6 Å². The van der Waals surface area contributed by atoms with Gasteiger partial charge in [-0.2, -0.15) is 0 Å². The highest BCUT2D eigenvalue weighted by Crippen LogP contribution is 2.32. The lowest BCUT2D eigenvalue weighted by atomic mass is 9.89. The quantitative estimate of drug-likeness (QED) is 0.693. The summed E-state index contributed by atoms with van der Waals surface area (Å²) < 4.78 is 5.15. The Morgan fingerprint density at radius 2 is 2.20 bits per heavy atom. The Balaban J connectivity index is 1.60. The number of hydrogen-bond donors (Lipinski definition) is 2. The van der Waals surface area contributed by atoms with Gasteiger partial charge in [0.05, 0.1) is 6.10 Å². The zero-order chi connectivity index (χ0) is 10.8. The molecule has 0 radical (unpaired) electrons. The van der Waals surface area contributed by atoms with Crippen molar-refractivity contribution in [2.45, 2.75) is 50.3 Å². The monoisotopic (exact) mass is 212 g/mol. The van der Waals surface area contributed by atoms with E-state index in [2.05, 4.69) is 5.32 Å². The van der Waals surface area contributed by atoms with E-state index in [0.717, 1.165) is 12.8 Å². The van der Waals surface area contributed by atoms with Gasteiger partial charge >= 0.3 is 0 Å². The van der Waals surface area contributed by atoms with Gasteiger partial charge < -0.3 is 15.8 Å². The molecule has 2 rings (SSSR count). The number of nitrogens with one attached hydrogen (secondary N) is 1. The molecule has 0 aliphatic heterocycles. The summed E-state index contributed by atoms with van der Waals surface area (Å²) in [6, 6.07) is 0.386. The third kappa shape index (κ3) is 2.92. The van der Waals surface area contributed by atoms with Gasteiger partial charge in [-0.25, -0.2) is 0 Å². The molecule has 15 heavy (non-hydrogen) atoms. The van der Waals surface area contributed by atoms with Gasteiger partial charge in [0.15, 0.2) is 0 Å².